The quantitative estimate of drug-likeness (QED) is 0.922. The lowest BCUT2D eigenvalue weighted by molar-refractivity contribution is 0.0946. The molecule has 2 aromatic rings. The SMILES string of the molecule is Cc1ncc(CNC(=O)c2cncc(Cl)n2)s1. The first-order valence-corrected chi connectivity index (χ1v) is 6.01. The standard InChI is InChI=1S/C10H9ClN4OS/c1-6-13-2-7(17-6)3-14-10(16)8-4-12-5-9(11)15-8/h2,4-5H,3H2,1H3,(H,14,16). The number of hydrogen-bond acceptors (Lipinski definition) is 5. The number of carbonyl (C=O) groups excluding carboxylic acids is 1. The summed E-state index contributed by atoms with van der Waals surface area (Å²) in [5.41, 5.74) is 0.207. The minimum absolute atomic E-state index is 0.200. The fraction of sp³-hybridized carbons (Fsp3) is 0.200. The highest BCUT2D eigenvalue weighted by Crippen LogP contribution is 2.11. The van der Waals surface area contributed by atoms with Gasteiger partial charge in [0.05, 0.1) is 23.9 Å². The molecule has 17 heavy (non-hydrogen) atoms. The average Bonchev–Trinajstić information content (AvgIpc) is 2.72. The van der Waals surface area contributed by atoms with Crippen molar-refractivity contribution < 1.29 is 4.79 Å². The second-order valence-electron chi connectivity index (χ2n) is 3.26. The van der Waals surface area contributed by atoms with Gasteiger partial charge in [-0.15, -0.1) is 11.3 Å². The van der Waals surface area contributed by atoms with Crippen LogP contribution < -0.4 is 5.32 Å². The van der Waals surface area contributed by atoms with Crippen molar-refractivity contribution in [1.29, 1.82) is 0 Å². The summed E-state index contributed by atoms with van der Waals surface area (Å²) in [6, 6.07) is 0. The Morgan fingerprint density at radius 2 is 2.29 bits per heavy atom. The van der Waals surface area contributed by atoms with Crippen LogP contribution in [0.25, 0.3) is 0 Å². The van der Waals surface area contributed by atoms with Crippen molar-refractivity contribution in [2.45, 2.75) is 13.5 Å². The molecule has 0 spiro atoms. The van der Waals surface area contributed by atoms with E-state index >= 15 is 0 Å². The maximum absolute atomic E-state index is 11.7. The Hall–Kier alpha value is -1.53. The number of aromatic nitrogens is 3. The minimum atomic E-state index is -0.300. The Balaban J connectivity index is 1.98. The fourth-order valence-corrected chi connectivity index (χ4v) is 2.08. The van der Waals surface area contributed by atoms with Gasteiger partial charge in [-0.05, 0) is 6.92 Å². The molecule has 0 aromatic carbocycles. The molecule has 0 atom stereocenters. The van der Waals surface area contributed by atoms with Gasteiger partial charge in [0.1, 0.15) is 10.8 Å². The lowest BCUT2D eigenvalue weighted by Gasteiger charge is -2.02. The highest BCUT2D eigenvalue weighted by atomic mass is 35.5. The van der Waals surface area contributed by atoms with Crippen LogP contribution in [0.2, 0.25) is 5.15 Å². The molecule has 2 rings (SSSR count). The van der Waals surface area contributed by atoms with Crippen molar-refractivity contribution >= 4 is 28.8 Å². The van der Waals surface area contributed by atoms with Crippen molar-refractivity contribution in [3.8, 4) is 0 Å². The van der Waals surface area contributed by atoms with Gasteiger partial charge in [-0.25, -0.2) is 9.97 Å². The van der Waals surface area contributed by atoms with E-state index in [1.807, 2.05) is 6.92 Å². The van der Waals surface area contributed by atoms with Gasteiger partial charge in [-0.3, -0.25) is 9.78 Å². The van der Waals surface area contributed by atoms with Gasteiger partial charge in [-0.2, -0.15) is 0 Å². The molecule has 0 aliphatic heterocycles. The summed E-state index contributed by atoms with van der Waals surface area (Å²) in [6.45, 7) is 2.34. The molecular weight excluding hydrogens is 260 g/mol. The van der Waals surface area contributed by atoms with Crippen molar-refractivity contribution in [3.05, 3.63) is 39.3 Å². The van der Waals surface area contributed by atoms with Gasteiger partial charge in [0.15, 0.2) is 0 Å². The van der Waals surface area contributed by atoms with Gasteiger partial charge < -0.3 is 5.32 Å². The first kappa shape index (κ1) is 11.9. The van der Waals surface area contributed by atoms with Crippen LogP contribution in [0, 0.1) is 6.92 Å². The molecule has 1 N–H and O–H groups in total. The molecule has 88 valence electrons. The molecule has 0 unspecified atom stereocenters. The van der Waals surface area contributed by atoms with E-state index in [4.69, 9.17) is 11.6 Å². The Labute approximate surface area is 107 Å². The smallest absolute Gasteiger partial charge is 0.271 e. The molecule has 0 radical (unpaired) electrons. The van der Waals surface area contributed by atoms with Gasteiger partial charge in [0.25, 0.3) is 5.91 Å². The number of halogens is 1. The molecule has 0 bridgehead atoms. The van der Waals surface area contributed by atoms with E-state index in [0.717, 1.165) is 9.88 Å². The third kappa shape index (κ3) is 3.21. The lowest BCUT2D eigenvalue weighted by atomic mass is 10.4. The highest BCUT2D eigenvalue weighted by molar-refractivity contribution is 7.11. The first-order valence-electron chi connectivity index (χ1n) is 4.82. The van der Waals surface area contributed by atoms with Crippen molar-refractivity contribution in [3.63, 3.8) is 0 Å². The molecule has 0 fully saturated rings. The van der Waals surface area contributed by atoms with Gasteiger partial charge in [0.2, 0.25) is 0 Å². The number of carbonyl (C=O) groups is 1. The van der Waals surface area contributed by atoms with Crippen LogP contribution in [0.5, 0.6) is 0 Å². The van der Waals surface area contributed by atoms with Gasteiger partial charge >= 0.3 is 0 Å². The molecule has 5 nitrogen and oxygen atoms in total. The molecule has 1 amide bonds. The molecule has 7 heteroatoms. The number of rotatable bonds is 3. The van der Waals surface area contributed by atoms with Crippen LogP contribution in [0.15, 0.2) is 18.6 Å². The summed E-state index contributed by atoms with van der Waals surface area (Å²) < 4.78 is 0. The van der Waals surface area contributed by atoms with Gasteiger partial charge in [0, 0.05) is 11.1 Å². The summed E-state index contributed by atoms with van der Waals surface area (Å²) in [6.07, 6.45) is 4.49. The number of nitrogens with zero attached hydrogens (tertiary/aromatic N) is 3. The summed E-state index contributed by atoms with van der Waals surface area (Å²) in [4.78, 5) is 24.4. The van der Waals surface area contributed by atoms with E-state index in [0.29, 0.717) is 6.54 Å². The summed E-state index contributed by atoms with van der Waals surface area (Å²) in [5, 5.41) is 3.90. The zero-order valence-electron chi connectivity index (χ0n) is 8.98. The molecule has 0 saturated heterocycles. The van der Waals surface area contributed by atoms with Crippen molar-refractivity contribution in [2.75, 3.05) is 0 Å². The van der Waals surface area contributed by atoms with E-state index in [2.05, 4.69) is 20.3 Å². The number of thiazole rings is 1. The highest BCUT2D eigenvalue weighted by Gasteiger charge is 2.08. The molecular formula is C10H9ClN4OS. The van der Waals surface area contributed by atoms with Gasteiger partial charge in [-0.1, -0.05) is 11.6 Å². The van der Waals surface area contributed by atoms with Crippen LogP contribution in [-0.4, -0.2) is 20.9 Å². The second-order valence-corrected chi connectivity index (χ2v) is 4.96. The van der Waals surface area contributed by atoms with Crippen LogP contribution >= 0.6 is 22.9 Å². The average molecular weight is 269 g/mol. The van der Waals surface area contributed by atoms with E-state index in [1.54, 1.807) is 17.5 Å². The molecule has 0 aliphatic rings. The van der Waals surface area contributed by atoms with E-state index in [1.165, 1.54) is 12.4 Å². The number of amides is 1. The minimum Gasteiger partial charge on any atom is -0.346 e. The Bertz CT molecular complexity index is 543. The second kappa shape index (κ2) is 5.20. The normalized spacial score (nSPS) is 10.2. The third-order valence-corrected chi connectivity index (χ3v) is 3.02. The van der Waals surface area contributed by atoms with Crippen LogP contribution in [0.1, 0.15) is 20.4 Å². The predicted molar refractivity (Wildman–Crippen MR) is 65.1 cm³/mol. The Morgan fingerprint density at radius 3 is 2.94 bits per heavy atom. The third-order valence-electron chi connectivity index (χ3n) is 1.93. The lowest BCUT2D eigenvalue weighted by Crippen LogP contribution is -2.23. The van der Waals surface area contributed by atoms with Crippen molar-refractivity contribution in [1.82, 2.24) is 20.3 Å². The Kier molecular flexibility index (Phi) is 3.65. The van der Waals surface area contributed by atoms with E-state index < -0.39 is 0 Å². The van der Waals surface area contributed by atoms with Crippen LogP contribution in [0.4, 0.5) is 0 Å². The summed E-state index contributed by atoms with van der Waals surface area (Å²) >= 11 is 7.19. The number of nitrogens with one attached hydrogen (secondary N) is 1. The monoisotopic (exact) mass is 268 g/mol. The number of aryl methyl sites for hydroxylation is 1. The zero-order chi connectivity index (χ0) is 12.3. The first-order chi connectivity index (χ1) is 8.15. The summed E-state index contributed by atoms with van der Waals surface area (Å²) in [5.74, 6) is -0.300. The predicted octanol–water partition coefficient (Wildman–Crippen LogP) is 1.82. The zero-order valence-corrected chi connectivity index (χ0v) is 10.5. The van der Waals surface area contributed by atoms with Crippen LogP contribution in [0.3, 0.4) is 0 Å². The topological polar surface area (TPSA) is 67.8 Å². The molecule has 0 saturated carbocycles. The fourth-order valence-electron chi connectivity index (χ4n) is 1.20. The van der Waals surface area contributed by atoms with E-state index in [9.17, 15) is 4.79 Å². The maximum atomic E-state index is 11.7. The molecule has 2 heterocycles. The molecule has 2 aromatic heterocycles. The maximum Gasteiger partial charge on any atom is 0.271 e. The number of hydrogen-bond donors (Lipinski definition) is 1. The Morgan fingerprint density at radius 1 is 1.47 bits per heavy atom. The van der Waals surface area contributed by atoms with Crippen LogP contribution in [-0.2, 0) is 6.54 Å². The summed E-state index contributed by atoms with van der Waals surface area (Å²) in [7, 11) is 0. The largest absolute Gasteiger partial charge is 0.346 e. The molecule has 0 aliphatic carbocycles. The van der Waals surface area contributed by atoms with E-state index in [-0.39, 0.29) is 16.8 Å². The van der Waals surface area contributed by atoms with Crippen molar-refractivity contribution in [2.24, 2.45) is 0 Å².